The third kappa shape index (κ3) is 0.826. The summed E-state index contributed by atoms with van der Waals surface area (Å²) in [5.41, 5.74) is 0.468. The van der Waals surface area contributed by atoms with E-state index in [1.54, 1.807) is 0 Å². The second-order valence-corrected chi connectivity index (χ2v) is 1.73. The first-order valence-corrected chi connectivity index (χ1v) is 2.71. The number of aromatic amines is 1. The lowest BCUT2D eigenvalue weighted by molar-refractivity contribution is 0.441. The van der Waals surface area contributed by atoms with E-state index in [-0.39, 0.29) is 11.8 Å². The molecule has 0 spiro atoms. The predicted octanol–water partition coefficient (Wildman–Crippen LogP) is 0.383. The normalized spacial score (nSPS) is 9.89. The van der Waals surface area contributed by atoms with Gasteiger partial charge in [0.15, 0.2) is 0 Å². The Hall–Kier alpha value is -1.19. The molecular weight excluding hydrogens is 120 g/mol. The van der Waals surface area contributed by atoms with Gasteiger partial charge in [-0.05, 0) is 6.42 Å². The van der Waals surface area contributed by atoms with Crippen LogP contribution in [0.5, 0.6) is 11.8 Å². The van der Waals surface area contributed by atoms with Crippen LogP contribution in [0.15, 0.2) is 0 Å². The molecule has 1 aromatic rings. The number of hydrogen-bond acceptors (Lipinski definition) is 3. The van der Waals surface area contributed by atoms with Crippen LogP contribution in [0, 0.1) is 0 Å². The number of aromatic hydroxyl groups is 2. The monoisotopic (exact) mass is 128 g/mol. The second kappa shape index (κ2) is 1.97. The minimum absolute atomic E-state index is 0.0463. The maximum atomic E-state index is 8.85. The van der Waals surface area contributed by atoms with Crippen molar-refractivity contribution in [2.75, 3.05) is 0 Å². The molecule has 1 rings (SSSR count). The molecule has 1 heterocycles. The summed E-state index contributed by atoms with van der Waals surface area (Å²) in [4.78, 5) is 0. The molecule has 4 heteroatoms. The Morgan fingerprint density at radius 3 is 2.44 bits per heavy atom. The largest absolute Gasteiger partial charge is 0.493 e. The summed E-state index contributed by atoms with van der Waals surface area (Å²) in [6, 6.07) is 0. The van der Waals surface area contributed by atoms with Crippen LogP contribution in [0.3, 0.4) is 0 Å². The Balaban J connectivity index is 3.07. The van der Waals surface area contributed by atoms with Crippen LogP contribution in [-0.2, 0) is 6.42 Å². The molecule has 0 unspecified atom stereocenters. The molecule has 4 nitrogen and oxygen atoms in total. The molecule has 0 aliphatic carbocycles. The van der Waals surface area contributed by atoms with E-state index in [4.69, 9.17) is 10.2 Å². The van der Waals surface area contributed by atoms with Gasteiger partial charge in [0, 0.05) is 0 Å². The van der Waals surface area contributed by atoms with Crippen LogP contribution in [0.1, 0.15) is 12.5 Å². The van der Waals surface area contributed by atoms with Crippen molar-refractivity contribution >= 4 is 0 Å². The second-order valence-electron chi connectivity index (χ2n) is 1.73. The summed E-state index contributed by atoms with van der Waals surface area (Å²) in [7, 11) is 0. The Morgan fingerprint density at radius 1 is 1.56 bits per heavy atom. The third-order valence-electron chi connectivity index (χ3n) is 1.18. The fraction of sp³-hybridized carbons (Fsp3) is 0.400. The van der Waals surface area contributed by atoms with Crippen LogP contribution in [0.25, 0.3) is 0 Å². The van der Waals surface area contributed by atoms with E-state index in [0.717, 1.165) is 0 Å². The van der Waals surface area contributed by atoms with E-state index < -0.39 is 0 Å². The average Bonchev–Trinajstić information content (AvgIpc) is 2.12. The molecule has 9 heavy (non-hydrogen) atoms. The molecule has 0 saturated heterocycles. The zero-order valence-electron chi connectivity index (χ0n) is 5.05. The summed E-state index contributed by atoms with van der Waals surface area (Å²) >= 11 is 0. The van der Waals surface area contributed by atoms with Crippen LogP contribution < -0.4 is 0 Å². The first-order chi connectivity index (χ1) is 4.25. The van der Waals surface area contributed by atoms with E-state index in [2.05, 4.69) is 10.2 Å². The van der Waals surface area contributed by atoms with Gasteiger partial charge in [-0.1, -0.05) is 6.92 Å². The molecule has 0 fully saturated rings. The highest BCUT2D eigenvalue weighted by molar-refractivity contribution is 5.32. The highest BCUT2D eigenvalue weighted by Crippen LogP contribution is 2.22. The Bertz CT molecular complexity index is 187. The molecule has 0 aliphatic heterocycles. The molecule has 0 radical (unpaired) electrons. The van der Waals surface area contributed by atoms with Crippen molar-refractivity contribution in [3.05, 3.63) is 5.56 Å². The van der Waals surface area contributed by atoms with Crippen molar-refractivity contribution in [1.82, 2.24) is 10.2 Å². The lowest BCUT2D eigenvalue weighted by Gasteiger charge is -1.88. The molecule has 1 aromatic heterocycles. The van der Waals surface area contributed by atoms with E-state index in [1.165, 1.54) is 0 Å². The Labute approximate surface area is 52.1 Å². The zero-order valence-corrected chi connectivity index (χ0v) is 5.05. The fourth-order valence-corrected chi connectivity index (χ4v) is 0.672. The highest BCUT2D eigenvalue weighted by Gasteiger charge is 2.07. The van der Waals surface area contributed by atoms with Gasteiger partial charge in [0.25, 0.3) is 0 Å². The van der Waals surface area contributed by atoms with E-state index in [0.29, 0.717) is 12.0 Å². The zero-order chi connectivity index (χ0) is 6.85. The number of hydrogen-bond donors (Lipinski definition) is 3. The standard InChI is InChI=1S/C5H8N2O2/c1-2-3-4(8)6-7-5(3)9/h2H2,1H3,(H3,6,7,8,9). The fourth-order valence-electron chi connectivity index (χ4n) is 0.672. The molecule has 0 amide bonds. The molecule has 3 N–H and O–H groups in total. The van der Waals surface area contributed by atoms with Gasteiger partial charge in [0.2, 0.25) is 11.8 Å². The number of H-pyrrole nitrogens is 1. The van der Waals surface area contributed by atoms with Crippen LogP contribution in [-0.4, -0.2) is 20.4 Å². The van der Waals surface area contributed by atoms with Crippen molar-refractivity contribution in [3.63, 3.8) is 0 Å². The van der Waals surface area contributed by atoms with Gasteiger partial charge in [-0.15, -0.1) is 5.10 Å². The van der Waals surface area contributed by atoms with Gasteiger partial charge < -0.3 is 10.2 Å². The van der Waals surface area contributed by atoms with Gasteiger partial charge in [-0.25, -0.2) is 5.10 Å². The summed E-state index contributed by atoms with van der Waals surface area (Å²) < 4.78 is 0. The molecule has 0 aromatic carbocycles. The maximum absolute atomic E-state index is 8.85. The van der Waals surface area contributed by atoms with Crippen molar-refractivity contribution in [1.29, 1.82) is 0 Å². The topological polar surface area (TPSA) is 69.1 Å². The first kappa shape index (κ1) is 5.94. The summed E-state index contributed by atoms with van der Waals surface area (Å²) in [6.45, 7) is 1.82. The van der Waals surface area contributed by atoms with Gasteiger partial charge in [0.1, 0.15) is 0 Å². The lowest BCUT2D eigenvalue weighted by Crippen LogP contribution is -1.74. The van der Waals surface area contributed by atoms with Crippen LogP contribution in [0.2, 0.25) is 0 Å². The summed E-state index contributed by atoms with van der Waals surface area (Å²) in [5.74, 6) is -0.162. The quantitative estimate of drug-likeness (QED) is 0.512. The van der Waals surface area contributed by atoms with E-state index in [9.17, 15) is 0 Å². The van der Waals surface area contributed by atoms with Gasteiger partial charge in [-0.3, -0.25) is 0 Å². The SMILES string of the molecule is CCc1c(O)n[nH]c1O. The van der Waals surface area contributed by atoms with Gasteiger partial charge in [-0.2, -0.15) is 0 Å². The van der Waals surface area contributed by atoms with E-state index >= 15 is 0 Å². The molecule has 0 aliphatic rings. The molecule has 0 bridgehead atoms. The molecule has 0 saturated carbocycles. The molecule has 0 atom stereocenters. The third-order valence-corrected chi connectivity index (χ3v) is 1.18. The maximum Gasteiger partial charge on any atom is 0.237 e. The number of rotatable bonds is 1. The Morgan fingerprint density at radius 2 is 2.22 bits per heavy atom. The van der Waals surface area contributed by atoms with Crippen molar-refractivity contribution in [2.24, 2.45) is 0 Å². The van der Waals surface area contributed by atoms with Crippen LogP contribution in [0.4, 0.5) is 0 Å². The minimum atomic E-state index is -0.116. The van der Waals surface area contributed by atoms with Gasteiger partial charge in [0.05, 0.1) is 5.56 Å². The van der Waals surface area contributed by atoms with Gasteiger partial charge >= 0.3 is 0 Å². The molecular formula is C5H8N2O2. The summed E-state index contributed by atoms with van der Waals surface area (Å²) in [5, 5.41) is 23.3. The number of nitrogens with zero attached hydrogens (tertiary/aromatic N) is 1. The van der Waals surface area contributed by atoms with Crippen LogP contribution >= 0.6 is 0 Å². The average molecular weight is 128 g/mol. The lowest BCUT2D eigenvalue weighted by atomic mass is 10.3. The van der Waals surface area contributed by atoms with Crippen molar-refractivity contribution in [2.45, 2.75) is 13.3 Å². The number of nitrogens with one attached hydrogen (secondary N) is 1. The smallest absolute Gasteiger partial charge is 0.237 e. The first-order valence-electron chi connectivity index (χ1n) is 2.71. The number of aromatic nitrogens is 2. The molecule has 50 valence electrons. The highest BCUT2D eigenvalue weighted by atomic mass is 16.3. The predicted molar refractivity (Wildman–Crippen MR) is 31.3 cm³/mol. The Kier molecular flexibility index (Phi) is 1.30. The van der Waals surface area contributed by atoms with E-state index in [1.807, 2.05) is 6.92 Å². The van der Waals surface area contributed by atoms with Crippen molar-refractivity contribution in [3.8, 4) is 11.8 Å². The summed E-state index contributed by atoms with van der Waals surface area (Å²) in [6.07, 6.45) is 0.578. The minimum Gasteiger partial charge on any atom is -0.493 e. The van der Waals surface area contributed by atoms with Crippen molar-refractivity contribution < 1.29 is 10.2 Å².